The Morgan fingerprint density at radius 1 is 0.260 bits per heavy atom. The number of hydrogen-bond donors (Lipinski definition) is 0. The van der Waals surface area contributed by atoms with E-state index < -0.39 is 0 Å². The van der Waals surface area contributed by atoms with Crippen LogP contribution in [0.3, 0.4) is 0 Å². The normalized spacial score (nSPS) is 12.4. The van der Waals surface area contributed by atoms with E-state index in [1.54, 1.807) is 0 Å². The lowest BCUT2D eigenvalue weighted by atomic mass is 9.95. The lowest BCUT2D eigenvalue weighted by molar-refractivity contribution is 0.638. The van der Waals surface area contributed by atoms with Crippen molar-refractivity contribution in [2.24, 2.45) is 0 Å². The second-order valence-corrected chi connectivity index (χ2v) is 21.9. The number of furan rings is 4. The van der Waals surface area contributed by atoms with Crippen LogP contribution in [0.4, 0.5) is 34.1 Å². The van der Waals surface area contributed by atoms with E-state index in [9.17, 15) is 0 Å². The summed E-state index contributed by atoms with van der Waals surface area (Å²) < 4.78 is 26.6. The van der Waals surface area contributed by atoms with Crippen LogP contribution < -0.4 is 9.80 Å². The molecule has 4 aromatic heterocycles. The minimum Gasteiger partial charge on any atom is -0.456 e. The number of benzene rings is 11. The molecule has 0 saturated carbocycles. The molecule has 77 heavy (non-hydrogen) atoms. The van der Waals surface area contributed by atoms with E-state index in [2.05, 4.69) is 227 Å². The van der Waals surface area contributed by atoms with E-state index in [4.69, 9.17) is 17.7 Å². The highest BCUT2D eigenvalue weighted by molar-refractivity contribution is 6.20. The number of rotatable bonds is 9. The molecule has 372 valence electrons. The molecule has 0 aliphatic rings. The molecule has 0 amide bonds. The van der Waals surface area contributed by atoms with Gasteiger partial charge in [-0.2, -0.15) is 0 Å². The van der Waals surface area contributed by atoms with Gasteiger partial charge in [0.25, 0.3) is 0 Å². The summed E-state index contributed by atoms with van der Waals surface area (Å²) in [5, 5.41) is 13.2. The molecule has 0 atom stereocenters. The molecule has 0 radical (unpaired) electrons. The van der Waals surface area contributed by atoms with Gasteiger partial charge in [0.2, 0.25) is 0 Å². The van der Waals surface area contributed by atoms with E-state index in [0.29, 0.717) is 11.8 Å². The second-order valence-electron chi connectivity index (χ2n) is 21.9. The van der Waals surface area contributed by atoms with Crippen LogP contribution in [0.15, 0.2) is 218 Å². The van der Waals surface area contributed by atoms with Gasteiger partial charge < -0.3 is 27.5 Å². The SMILES string of the molecule is CC(C)c1ccc(N(c2ccc3cc4c(cc3c2)oc2c(C(C)C)c3oc5cc6cc(N(c7ccc(C(C)C)cc7)c7ccc8oc9ccccc9c8c7)ccc6cc5c3cc24)c2ccc3oc4ccccc4c3c2)cc1. The minimum absolute atomic E-state index is 0.130. The summed E-state index contributed by atoms with van der Waals surface area (Å²) in [6, 6.07) is 72.4. The molecule has 15 rings (SSSR count). The Labute approximate surface area is 444 Å². The molecule has 0 fully saturated rings. The van der Waals surface area contributed by atoms with Gasteiger partial charge in [-0.1, -0.05) is 114 Å². The average Bonchev–Trinajstić information content (AvgIpc) is 4.39. The van der Waals surface area contributed by atoms with Crippen molar-refractivity contribution in [1.82, 2.24) is 0 Å². The predicted octanol–water partition coefficient (Wildman–Crippen LogP) is 21.9. The summed E-state index contributed by atoms with van der Waals surface area (Å²) in [7, 11) is 0. The molecular formula is C71H54N2O4. The molecule has 0 spiro atoms. The first-order valence-corrected chi connectivity index (χ1v) is 26.9. The van der Waals surface area contributed by atoms with Crippen LogP contribution in [0, 0.1) is 0 Å². The second kappa shape index (κ2) is 17.1. The number of para-hydroxylation sites is 2. The summed E-state index contributed by atoms with van der Waals surface area (Å²) in [5.74, 6) is 0.990. The Morgan fingerprint density at radius 2 is 0.636 bits per heavy atom. The highest BCUT2D eigenvalue weighted by Gasteiger charge is 2.24. The molecule has 6 heteroatoms. The van der Waals surface area contributed by atoms with Crippen molar-refractivity contribution in [3.8, 4) is 0 Å². The van der Waals surface area contributed by atoms with Crippen molar-refractivity contribution in [2.45, 2.75) is 59.3 Å². The van der Waals surface area contributed by atoms with Crippen LogP contribution in [0.5, 0.6) is 0 Å². The average molecular weight is 999 g/mol. The third-order valence-electron chi connectivity index (χ3n) is 16.1. The first-order valence-electron chi connectivity index (χ1n) is 26.9. The lowest BCUT2D eigenvalue weighted by Gasteiger charge is -2.26. The van der Waals surface area contributed by atoms with E-state index in [-0.39, 0.29) is 5.92 Å². The van der Waals surface area contributed by atoms with Gasteiger partial charge in [0.1, 0.15) is 44.7 Å². The van der Waals surface area contributed by atoms with Crippen molar-refractivity contribution in [3.63, 3.8) is 0 Å². The quantitative estimate of drug-likeness (QED) is 0.144. The molecule has 4 heterocycles. The van der Waals surface area contributed by atoms with E-state index in [1.807, 2.05) is 24.3 Å². The number of fused-ring (bicyclic) bond motifs is 14. The van der Waals surface area contributed by atoms with Crippen molar-refractivity contribution in [2.75, 3.05) is 9.80 Å². The van der Waals surface area contributed by atoms with Crippen LogP contribution in [0.2, 0.25) is 0 Å². The van der Waals surface area contributed by atoms with Gasteiger partial charge in [0.05, 0.1) is 0 Å². The summed E-state index contributed by atoms with van der Waals surface area (Å²) >= 11 is 0. The molecule has 11 aromatic carbocycles. The summed E-state index contributed by atoms with van der Waals surface area (Å²) in [6.07, 6.45) is 0. The van der Waals surface area contributed by atoms with Gasteiger partial charge in [0.15, 0.2) is 0 Å². The zero-order valence-electron chi connectivity index (χ0n) is 43.8. The maximum Gasteiger partial charge on any atom is 0.142 e. The fourth-order valence-corrected chi connectivity index (χ4v) is 12.0. The van der Waals surface area contributed by atoms with Crippen LogP contribution in [-0.2, 0) is 0 Å². The molecular weight excluding hydrogens is 945 g/mol. The number of hydrogen-bond acceptors (Lipinski definition) is 6. The molecule has 0 unspecified atom stereocenters. The van der Waals surface area contributed by atoms with Crippen LogP contribution in [0.1, 0.15) is 76.0 Å². The van der Waals surface area contributed by atoms with Crippen LogP contribution in [0.25, 0.3) is 109 Å². The van der Waals surface area contributed by atoms with Crippen molar-refractivity contribution < 1.29 is 17.7 Å². The molecule has 0 aliphatic heterocycles. The first kappa shape index (κ1) is 45.2. The summed E-state index contributed by atoms with van der Waals surface area (Å²) in [4.78, 5) is 4.69. The Kier molecular flexibility index (Phi) is 10.0. The molecule has 15 aromatic rings. The van der Waals surface area contributed by atoms with Gasteiger partial charge in [-0.25, -0.2) is 0 Å². The molecule has 0 bridgehead atoms. The Hall–Kier alpha value is -9.26. The Morgan fingerprint density at radius 3 is 1.06 bits per heavy atom. The van der Waals surface area contributed by atoms with Gasteiger partial charge in [0, 0.05) is 82.8 Å². The highest BCUT2D eigenvalue weighted by atomic mass is 16.3. The third kappa shape index (κ3) is 7.23. The minimum atomic E-state index is 0.130. The smallest absolute Gasteiger partial charge is 0.142 e. The number of anilines is 6. The van der Waals surface area contributed by atoms with Gasteiger partial charge in [-0.05, 0) is 178 Å². The monoisotopic (exact) mass is 998 g/mol. The Balaban J connectivity index is 0.848. The lowest BCUT2D eigenvalue weighted by Crippen LogP contribution is -2.10. The standard InChI is InChI=1S/C71H54N2O4/c1-40(2)43-15-21-49(22-16-43)72(53-27-29-65-59(37-53)55-11-7-9-13-63(55)74-65)51-25-19-45-33-57-61-39-62-58-34-46-20-26-52(32-48(46)36-68(58)77-71(62)69(42(5)6)70(61)76-67(57)35-47(45)31-51)73(50-23-17-44(18-24-50)41(3)4)54-28-30-66-60(38-54)56-12-8-10-14-64(56)75-66/h7-42H,1-6H3. The Bertz CT molecular complexity index is 4550. The highest BCUT2D eigenvalue weighted by Crippen LogP contribution is 2.47. The maximum atomic E-state index is 7.02. The fraction of sp³-hybridized carbons (Fsp3) is 0.127. The topological polar surface area (TPSA) is 59.0 Å². The third-order valence-corrected chi connectivity index (χ3v) is 16.1. The van der Waals surface area contributed by atoms with E-state index in [1.165, 1.54) is 11.1 Å². The van der Waals surface area contributed by atoms with Crippen molar-refractivity contribution in [3.05, 3.63) is 217 Å². The summed E-state index contributed by atoms with van der Waals surface area (Å²) in [6.45, 7) is 13.4. The van der Waals surface area contributed by atoms with Gasteiger partial charge >= 0.3 is 0 Å². The molecule has 0 N–H and O–H groups in total. The van der Waals surface area contributed by atoms with Crippen molar-refractivity contribution in [1.29, 1.82) is 0 Å². The van der Waals surface area contributed by atoms with Gasteiger partial charge in [-0.3, -0.25) is 0 Å². The van der Waals surface area contributed by atoms with Crippen molar-refractivity contribution >= 4 is 143 Å². The maximum absolute atomic E-state index is 7.02. The predicted molar refractivity (Wildman–Crippen MR) is 322 cm³/mol. The molecule has 6 nitrogen and oxygen atoms in total. The molecule has 0 saturated heterocycles. The summed E-state index contributed by atoms with van der Waals surface area (Å²) in [5.41, 5.74) is 17.1. The zero-order chi connectivity index (χ0) is 51.8. The number of nitrogens with zero attached hydrogens (tertiary/aromatic N) is 2. The van der Waals surface area contributed by atoms with E-state index in [0.717, 1.165) is 149 Å². The van der Waals surface area contributed by atoms with Gasteiger partial charge in [-0.15, -0.1) is 0 Å². The first-order chi connectivity index (χ1) is 37.6. The zero-order valence-corrected chi connectivity index (χ0v) is 43.8. The van der Waals surface area contributed by atoms with Crippen LogP contribution in [-0.4, -0.2) is 0 Å². The molecule has 0 aliphatic carbocycles. The largest absolute Gasteiger partial charge is 0.456 e. The van der Waals surface area contributed by atoms with Crippen LogP contribution >= 0.6 is 0 Å². The fourth-order valence-electron chi connectivity index (χ4n) is 12.0. The van der Waals surface area contributed by atoms with E-state index >= 15 is 0 Å².